The van der Waals surface area contributed by atoms with Gasteiger partial charge in [-0.2, -0.15) is 0 Å². The number of carbonyl (C=O) groups is 2. The topological polar surface area (TPSA) is 114 Å². The van der Waals surface area contributed by atoms with E-state index in [1.54, 1.807) is 6.07 Å². The van der Waals surface area contributed by atoms with Crippen molar-refractivity contribution in [2.45, 2.75) is 69.1 Å². The van der Waals surface area contributed by atoms with Crippen LogP contribution in [0.4, 0.5) is 4.39 Å². The van der Waals surface area contributed by atoms with Gasteiger partial charge in [-0.1, -0.05) is 30.6 Å². The third-order valence-corrected chi connectivity index (χ3v) is 7.00. The van der Waals surface area contributed by atoms with Crippen molar-refractivity contribution in [3.63, 3.8) is 0 Å². The van der Waals surface area contributed by atoms with Crippen LogP contribution in [0.1, 0.15) is 68.1 Å². The van der Waals surface area contributed by atoms with Crippen LogP contribution in [-0.4, -0.2) is 45.9 Å². The zero-order valence-electron chi connectivity index (χ0n) is 18.5. The maximum atomic E-state index is 13.5. The molecule has 1 unspecified atom stereocenters. The van der Waals surface area contributed by atoms with Crippen molar-refractivity contribution in [2.24, 2.45) is 0 Å². The van der Waals surface area contributed by atoms with E-state index in [1.807, 2.05) is 13.8 Å². The van der Waals surface area contributed by atoms with Crippen LogP contribution in [-0.2, 0) is 4.79 Å². The summed E-state index contributed by atoms with van der Waals surface area (Å²) in [7, 11) is 0. The summed E-state index contributed by atoms with van der Waals surface area (Å²) in [6.07, 6.45) is 1.69. The summed E-state index contributed by atoms with van der Waals surface area (Å²) in [5.41, 5.74) is -0.643. The number of hydrogen-bond donors (Lipinski definition) is 3. The molecule has 2 amide bonds. The number of rotatable bonds is 7. The molecular weight excluding hydrogens is 453 g/mol. The first kappa shape index (κ1) is 23.5. The number of hydrogen-bond acceptors (Lipinski definition) is 6. The molecule has 0 aliphatic heterocycles. The summed E-state index contributed by atoms with van der Waals surface area (Å²) < 4.78 is 24.1. The summed E-state index contributed by atoms with van der Waals surface area (Å²) >= 11 is 5.65. The van der Waals surface area contributed by atoms with Crippen LogP contribution in [0.2, 0.25) is 5.02 Å². The summed E-state index contributed by atoms with van der Waals surface area (Å²) in [6, 6.07) is 5.57. The van der Waals surface area contributed by atoms with Crippen molar-refractivity contribution in [3.05, 3.63) is 46.6 Å². The van der Waals surface area contributed by atoms with E-state index in [-0.39, 0.29) is 35.0 Å². The molecule has 5 rings (SSSR count). The van der Waals surface area contributed by atoms with Gasteiger partial charge in [-0.25, -0.2) is 4.39 Å². The number of aliphatic hydroxyl groups is 1. The number of aromatic nitrogens is 1. The zero-order valence-corrected chi connectivity index (χ0v) is 19.2. The molecule has 3 N–H and O–H groups in total. The molecule has 1 heterocycles. The van der Waals surface area contributed by atoms with Gasteiger partial charge in [0, 0.05) is 17.7 Å². The first-order valence-electron chi connectivity index (χ1n) is 11.0. The molecule has 2 bridgehead atoms. The van der Waals surface area contributed by atoms with E-state index in [0.717, 1.165) is 6.07 Å². The van der Waals surface area contributed by atoms with Crippen LogP contribution in [0, 0.1) is 5.82 Å². The van der Waals surface area contributed by atoms with Crippen molar-refractivity contribution >= 4 is 23.4 Å². The van der Waals surface area contributed by atoms with E-state index < -0.39 is 28.9 Å². The number of halogens is 2. The van der Waals surface area contributed by atoms with Gasteiger partial charge in [0.1, 0.15) is 11.6 Å². The van der Waals surface area contributed by atoms with Crippen molar-refractivity contribution in [2.75, 3.05) is 6.61 Å². The molecule has 1 aromatic heterocycles. The van der Waals surface area contributed by atoms with Crippen LogP contribution in [0.25, 0.3) is 0 Å². The van der Waals surface area contributed by atoms with Gasteiger partial charge < -0.3 is 25.0 Å². The van der Waals surface area contributed by atoms with Gasteiger partial charge in [0.05, 0.1) is 22.4 Å². The average molecular weight is 480 g/mol. The molecular formula is C23H27ClFN3O5. The number of nitrogens with one attached hydrogen (secondary N) is 2. The van der Waals surface area contributed by atoms with Crippen LogP contribution >= 0.6 is 11.6 Å². The van der Waals surface area contributed by atoms with E-state index in [4.69, 9.17) is 20.9 Å². The molecule has 10 heteroatoms. The Morgan fingerprint density at radius 3 is 2.61 bits per heavy atom. The third-order valence-electron chi connectivity index (χ3n) is 6.69. The van der Waals surface area contributed by atoms with Crippen LogP contribution < -0.4 is 15.4 Å². The molecule has 2 aromatic rings. The minimum absolute atomic E-state index is 0.0301. The number of nitrogens with zero attached hydrogens (tertiary/aromatic N) is 1. The largest absolute Gasteiger partial charge is 0.484 e. The monoisotopic (exact) mass is 479 g/mol. The van der Waals surface area contributed by atoms with Gasteiger partial charge in [-0.15, -0.1) is 0 Å². The van der Waals surface area contributed by atoms with E-state index >= 15 is 0 Å². The highest BCUT2D eigenvalue weighted by Crippen LogP contribution is 2.47. The maximum Gasteiger partial charge on any atom is 0.290 e. The first-order valence-corrected chi connectivity index (χ1v) is 11.4. The summed E-state index contributed by atoms with van der Waals surface area (Å²) in [5, 5.41) is 20.7. The zero-order chi connectivity index (χ0) is 23.8. The Labute approximate surface area is 195 Å². The molecule has 3 fully saturated rings. The van der Waals surface area contributed by atoms with Crippen molar-refractivity contribution in [1.29, 1.82) is 0 Å². The Hall–Kier alpha value is -2.65. The van der Waals surface area contributed by atoms with Crippen molar-refractivity contribution in [1.82, 2.24) is 15.8 Å². The molecule has 178 valence electrons. The number of ether oxygens (including phenoxy) is 1. The van der Waals surface area contributed by atoms with Gasteiger partial charge >= 0.3 is 0 Å². The Bertz CT molecular complexity index is 1050. The Kier molecular flexibility index (Phi) is 6.37. The lowest BCUT2D eigenvalue weighted by atomic mass is 9.60. The molecule has 3 saturated carbocycles. The molecule has 3 aliphatic carbocycles. The molecule has 3 aliphatic rings. The highest BCUT2D eigenvalue weighted by Gasteiger charge is 2.55. The molecule has 1 aromatic carbocycles. The van der Waals surface area contributed by atoms with Gasteiger partial charge in [0.25, 0.3) is 11.8 Å². The molecule has 33 heavy (non-hydrogen) atoms. The van der Waals surface area contributed by atoms with Crippen LogP contribution in [0.3, 0.4) is 0 Å². The standard InChI is InChI=1S/C23H27ClFN3O5/c1-13(2)17-10-18(33-28-17)21(31)27-22-5-7-23(8-6-22,19(29)11-22)26-20(30)12-32-14-3-4-15(24)16(25)9-14/h3-4,9-10,13,19,29H,5-8,11-12H2,1-2H3,(H,26,30)(H,27,31). The quantitative estimate of drug-likeness (QED) is 0.561. The number of fused-ring (bicyclic) bond motifs is 3. The van der Waals surface area contributed by atoms with Crippen molar-refractivity contribution < 1.29 is 28.3 Å². The normalized spacial score (nSPS) is 26.3. The van der Waals surface area contributed by atoms with Crippen molar-refractivity contribution in [3.8, 4) is 5.75 Å². The fourth-order valence-electron chi connectivity index (χ4n) is 4.66. The Balaban J connectivity index is 1.34. The average Bonchev–Trinajstić information content (AvgIpc) is 3.27. The second kappa shape index (κ2) is 8.95. The molecule has 0 radical (unpaired) electrons. The highest BCUT2D eigenvalue weighted by atomic mass is 35.5. The molecule has 0 spiro atoms. The smallest absolute Gasteiger partial charge is 0.290 e. The number of amides is 2. The Morgan fingerprint density at radius 2 is 2.00 bits per heavy atom. The van der Waals surface area contributed by atoms with Gasteiger partial charge in [0.15, 0.2) is 6.61 Å². The lowest BCUT2D eigenvalue weighted by Crippen LogP contribution is -2.70. The fourth-order valence-corrected chi connectivity index (χ4v) is 4.78. The summed E-state index contributed by atoms with van der Waals surface area (Å²) in [6.45, 7) is 3.61. The summed E-state index contributed by atoms with van der Waals surface area (Å²) in [5.74, 6) is -0.922. The van der Waals surface area contributed by atoms with E-state index in [0.29, 0.717) is 37.8 Å². The van der Waals surface area contributed by atoms with E-state index in [9.17, 15) is 19.1 Å². The molecule has 0 saturated heterocycles. The Morgan fingerprint density at radius 1 is 1.27 bits per heavy atom. The maximum absolute atomic E-state index is 13.5. The fraction of sp³-hybridized carbons (Fsp3) is 0.522. The highest BCUT2D eigenvalue weighted by molar-refractivity contribution is 6.30. The summed E-state index contributed by atoms with van der Waals surface area (Å²) in [4.78, 5) is 25.2. The molecule has 1 atom stereocenters. The SMILES string of the molecule is CC(C)c1cc(C(=O)NC23CCC(NC(=O)COc4ccc(Cl)c(F)c4)(CC2)C(O)C3)on1. The first-order chi connectivity index (χ1) is 15.6. The minimum Gasteiger partial charge on any atom is -0.484 e. The lowest BCUT2D eigenvalue weighted by Gasteiger charge is -2.56. The lowest BCUT2D eigenvalue weighted by molar-refractivity contribution is -0.132. The van der Waals surface area contributed by atoms with Gasteiger partial charge in [0.2, 0.25) is 5.76 Å². The minimum atomic E-state index is -0.835. The van der Waals surface area contributed by atoms with Gasteiger partial charge in [-0.3, -0.25) is 9.59 Å². The van der Waals surface area contributed by atoms with E-state index in [1.165, 1.54) is 12.1 Å². The predicted molar refractivity (Wildman–Crippen MR) is 118 cm³/mol. The van der Waals surface area contributed by atoms with E-state index in [2.05, 4.69) is 15.8 Å². The third kappa shape index (κ3) is 4.84. The van der Waals surface area contributed by atoms with Crippen LogP contribution in [0.5, 0.6) is 5.75 Å². The number of carbonyl (C=O) groups excluding carboxylic acids is 2. The predicted octanol–water partition coefficient (Wildman–Crippen LogP) is 3.33. The molecule has 8 nitrogen and oxygen atoms in total. The van der Waals surface area contributed by atoms with Crippen LogP contribution in [0.15, 0.2) is 28.8 Å². The second-order valence-electron chi connectivity index (χ2n) is 9.29. The number of aliphatic hydroxyl groups excluding tert-OH is 1. The number of benzene rings is 1. The van der Waals surface area contributed by atoms with Gasteiger partial charge in [-0.05, 0) is 50.2 Å². The second-order valence-corrected chi connectivity index (χ2v) is 9.70.